The van der Waals surface area contributed by atoms with Gasteiger partial charge in [-0.15, -0.1) is 0 Å². The molecule has 4 aromatic rings. The molecule has 0 spiro atoms. The van der Waals surface area contributed by atoms with Crippen LogP contribution in [0.25, 0.3) is 10.2 Å². The van der Waals surface area contributed by atoms with E-state index in [-0.39, 0.29) is 36.3 Å². The standard InChI is InChI=1S/C23H11F3N2O6S2/c24-13-8-14-20(19(26)18(13)25)28-23(35-14)27-17(29)9-34-22(31)10-5-6-12-16(7-10)36(32,33)15-4-2-1-3-11(15)21(12)30/h1-8H,9H2,(H,27,28,29). The lowest BCUT2D eigenvalue weighted by atomic mass is 10.0. The number of benzene rings is 3. The molecule has 0 fully saturated rings. The van der Waals surface area contributed by atoms with Crippen molar-refractivity contribution in [2.45, 2.75) is 9.79 Å². The van der Waals surface area contributed by atoms with Crippen molar-refractivity contribution in [1.29, 1.82) is 0 Å². The van der Waals surface area contributed by atoms with Gasteiger partial charge in [-0.25, -0.2) is 31.4 Å². The molecule has 36 heavy (non-hydrogen) atoms. The molecule has 13 heteroatoms. The molecule has 182 valence electrons. The smallest absolute Gasteiger partial charge is 0.338 e. The van der Waals surface area contributed by atoms with Gasteiger partial charge in [-0.05, 0) is 36.4 Å². The van der Waals surface area contributed by atoms with E-state index in [9.17, 15) is 36.0 Å². The van der Waals surface area contributed by atoms with Crippen LogP contribution in [0.15, 0.2) is 58.3 Å². The Morgan fingerprint density at radius 2 is 1.69 bits per heavy atom. The van der Waals surface area contributed by atoms with Gasteiger partial charge in [-0.1, -0.05) is 23.5 Å². The number of halogens is 3. The average molecular weight is 532 g/mol. The number of thiazole rings is 1. The van der Waals surface area contributed by atoms with Gasteiger partial charge in [0.25, 0.3) is 5.91 Å². The lowest BCUT2D eigenvalue weighted by Crippen LogP contribution is -2.22. The van der Waals surface area contributed by atoms with E-state index in [1.54, 1.807) is 0 Å². The van der Waals surface area contributed by atoms with Crippen LogP contribution < -0.4 is 5.32 Å². The van der Waals surface area contributed by atoms with Crippen molar-refractivity contribution in [2.75, 3.05) is 11.9 Å². The van der Waals surface area contributed by atoms with Gasteiger partial charge in [0, 0.05) is 11.1 Å². The number of rotatable bonds is 4. The van der Waals surface area contributed by atoms with Crippen LogP contribution in [0.5, 0.6) is 0 Å². The topological polar surface area (TPSA) is 120 Å². The van der Waals surface area contributed by atoms with Crippen LogP contribution in [0.2, 0.25) is 0 Å². The van der Waals surface area contributed by atoms with Crippen molar-refractivity contribution >= 4 is 54.2 Å². The minimum absolute atomic E-state index is 0.0252. The van der Waals surface area contributed by atoms with E-state index in [4.69, 9.17) is 4.74 Å². The molecule has 1 aliphatic rings. The van der Waals surface area contributed by atoms with Crippen molar-refractivity contribution in [3.8, 4) is 0 Å². The third-order valence-corrected chi connectivity index (χ3v) is 8.04. The fourth-order valence-electron chi connectivity index (χ4n) is 3.61. The van der Waals surface area contributed by atoms with Crippen LogP contribution in [-0.2, 0) is 19.4 Å². The summed E-state index contributed by atoms with van der Waals surface area (Å²) >= 11 is 0.674. The number of anilines is 1. The molecular weight excluding hydrogens is 521 g/mol. The molecule has 1 N–H and O–H groups in total. The summed E-state index contributed by atoms with van der Waals surface area (Å²) in [5.74, 6) is -7.06. The van der Waals surface area contributed by atoms with Crippen LogP contribution in [0, 0.1) is 17.5 Å². The molecule has 0 unspecified atom stereocenters. The number of amides is 1. The van der Waals surface area contributed by atoms with E-state index in [1.807, 2.05) is 0 Å². The fourth-order valence-corrected chi connectivity index (χ4v) is 6.19. The number of hydrogen-bond acceptors (Lipinski definition) is 8. The number of fused-ring (bicyclic) bond motifs is 3. The second-order valence-electron chi connectivity index (χ2n) is 7.52. The van der Waals surface area contributed by atoms with Gasteiger partial charge < -0.3 is 4.74 Å². The fraction of sp³-hybridized carbons (Fsp3) is 0.0435. The minimum atomic E-state index is -4.08. The zero-order valence-electron chi connectivity index (χ0n) is 17.7. The van der Waals surface area contributed by atoms with Gasteiger partial charge in [-0.3, -0.25) is 14.9 Å². The van der Waals surface area contributed by atoms with Crippen molar-refractivity contribution in [1.82, 2.24) is 4.98 Å². The highest BCUT2D eigenvalue weighted by Crippen LogP contribution is 2.35. The maximum atomic E-state index is 13.8. The normalized spacial score (nSPS) is 13.7. The number of sulfone groups is 1. The summed E-state index contributed by atoms with van der Waals surface area (Å²) in [6.07, 6.45) is 0. The number of ketones is 1. The molecule has 0 radical (unpaired) electrons. The second kappa shape index (κ2) is 8.53. The summed E-state index contributed by atoms with van der Waals surface area (Å²) in [6, 6.07) is 9.80. The number of nitrogens with one attached hydrogen (secondary N) is 1. The Bertz CT molecular complexity index is 1730. The highest BCUT2D eigenvalue weighted by molar-refractivity contribution is 7.91. The Hall–Kier alpha value is -4.10. The average Bonchev–Trinajstić information content (AvgIpc) is 3.26. The number of nitrogens with zero attached hydrogens (tertiary/aromatic N) is 1. The van der Waals surface area contributed by atoms with E-state index in [1.165, 1.54) is 36.4 Å². The van der Waals surface area contributed by atoms with Crippen LogP contribution in [0.1, 0.15) is 26.3 Å². The summed E-state index contributed by atoms with van der Waals surface area (Å²) in [7, 11) is -4.08. The Balaban J connectivity index is 1.31. The summed E-state index contributed by atoms with van der Waals surface area (Å²) in [5, 5.41) is 2.04. The molecule has 8 nitrogen and oxygen atoms in total. The molecule has 1 amide bonds. The molecule has 0 saturated heterocycles. The lowest BCUT2D eigenvalue weighted by Gasteiger charge is -2.19. The number of ether oxygens (including phenoxy) is 1. The first-order valence-electron chi connectivity index (χ1n) is 10.0. The number of esters is 1. The van der Waals surface area contributed by atoms with Gasteiger partial charge in [0.15, 0.2) is 35.0 Å². The maximum absolute atomic E-state index is 13.8. The zero-order valence-corrected chi connectivity index (χ0v) is 19.3. The quantitative estimate of drug-likeness (QED) is 0.276. The molecule has 0 saturated carbocycles. The van der Waals surface area contributed by atoms with Crippen LogP contribution in [0.4, 0.5) is 18.3 Å². The SMILES string of the molecule is O=C(COC(=O)c1ccc2c(c1)S(=O)(=O)c1ccccc1C2=O)Nc1nc2c(F)c(F)c(F)cc2s1. The molecule has 0 aliphatic carbocycles. The monoisotopic (exact) mass is 532 g/mol. The number of aromatic nitrogens is 1. The molecule has 1 aromatic heterocycles. The number of carbonyl (C=O) groups excluding carboxylic acids is 3. The molecule has 5 rings (SSSR count). The molecule has 0 bridgehead atoms. The molecular formula is C23H11F3N2O6S2. The predicted octanol–water partition coefficient (Wildman–Crippen LogP) is 3.89. The summed E-state index contributed by atoms with van der Waals surface area (Å²) < 4.78 is 71.4. The predicted molar refractivity (Wildman–Crippen MR) is 120 cm³/mol. The summed E-state index contributed by atoms with van der Waals surface area (Å²) in [6.45, 7) is -0.828. The van der Waals surface area contributed by atoms with Gasteiger partial charge >= 0.3 is 5.97 Å². The Morgan fingerprint density at radius 3 is 2.47 bits per heavy atom. The first-order chi connectivity index (χ1) is 17.1. The van der Waals surface area contributed by atoms with Gasteiger partial charge in [0.05, 0.1) is 20.1 Å². The minimum Gasteiger partial charge on any atom is -0.452 e. The Kier molecular flexibility index (Phi) is 5.60. The van der Waals surface area contributed by atoms with E-state index in [2.05, 4.69) is 10.3 Å². The van der Waals surface area contributed by atoms with E-state index in [0.29, 0.717) is 11.3 Å². The van der Waals surface area contributed by atoms with Crippen molar-refractivity contribution < 1.29 is 40.7 Å². The number of hydrogen-bond donors (Lipinski definition) is 1. The van der Waals surface area contributed by atoms with Crippen LogP contribution in [-0.4, -0.2) is 37.7 Å². The van der Waals surface area contributed by atoms with Crippen molar-refractivity contribution in [3.63, 3.8) is 0 Å². The largest absolute Gasteiger partial charge is 0.452 e. The third kappa shape index (κ3) is 3.82. The van der Waals surface area contributed by atoms with Crippen molar-refractivity contribution in [3.05, 3.63) is 82.7 Å². The van der Waals surface area contributed by atoms with E-state index in [0.717, 1.165) is 12.1 Å². The molecule has 3 aromatic carbocycles. The van der Waals surface area contributed by atoms with E-state index < -0.39 is 57.1 Å². The van der Waals surface area contributed by atoms with Crippen LogP contribution >= 0.6 is 11.3 Å². The Morgan fingerprint density at radius 1 is 0.972 bits per heavy atom. The second-order valence-corrected chi connectivity index (χ2v) is 10.4. The van der Waals surface area contributed by atoms with Gasteiger partial charge in [0.1, 0.15) is 5.52 Å². The lowest BCUT2D eigenvalue weighted by molar-refractivity contribution is -0.119. The molecule has 1 aliphatic heterocycles. The van der Waals surface area contributed by atoms with Gasteiger partial charge in [-0.2, -0.15) is 0 Å². The summed E-state index contributed by atoms with van der Waals surface area (Å²) in [4.78, 5) is 40.5. The highest BCUT2D eigenvalue weighted by atomic mass is 32.2. The Labute approximate surface area is 204 Å². The van der Waals surface area contributed by atoms with Gasteiger partial charge in [0.2, 0.25) is 9.84 Å². The van der Waals surface area contributed by atoms with E-state index >= 15 is 0 Å². The number of carbonyl (C=O) groups is 3. The summed E-state index contributed by atoms with van der Waals surface area (Å²) in [5.41, 5.74) is -0.765. The first-order valence-corrected chi connectivity index (χ1v) is 12.3. The first kappa shape index (κ1) is 23.6. The molecule has 0 atom stereocenters. The van der Waals surface area contributed by atoms with Crippen LogP contribution in [0.3, 0.4) is 0 Å². The zero-order chi connectivity index (χ0) is 25.8. The molecule has 2 heterocycles. The third-order valence-electron chi connectivity index (χ3n) is 5.27. The maximum Gasteiger partial charge on any atom is 0.338 e. The van der Waals surface area contributed by atoms with Crippen molar-refractivity contribution in [2.24, 2.45) is 0 Å². The highest BCUT2D eigenvalue weighted by Gasteiger charge is 2.35.